The van der Waals surface area contributed by atoms with Crippen molar-refractivity contribution in [2.24, 2.45) is 0 Å². The fourth-order valence-electron chi connectivity index (χ4n) is 2.76. The number of aromatic nitrogens is 1. The smallest absolute Gasteiger partial charge is 0.257 e. The quantitative estimate of drug-likeness (QED) is 0.595. The Balaban J connectivity index is 1.66. The Morgan fingerprint density at radius 3 is 2.14 bits per heavy atom. The average molecular weight is 374 g/mol. The van der Waals surface area contributed by atoms with E-state index in [-0.39, 0.29) is 17.9 Å². The molecule has 1 heterocycles. The highest BCUT2D eigenvalue weighted by atomic mass is 16.2. The SMILES string of the molecule is CC(=O)Nc1ccc(NC(=O)c2cncc(NC(C)c3ccccc3)c2)cc1. The summed E-state index contributed by atoms with van der Waals surface area (Å²) in [6.07, 6.45) is 3.22. The molecule has 0 saturated heterocycles. The molecule has 0 fully saturated rings. The first-order chi connectivity index (χ1) is 13.5. The van der Waals surface area contributed by atoms with Crippen LogP contribution < -0.4 is 16.0 Å². The van der Waals surface area contributed by atoms with Gasteiger partial charge in [0, 0.05) is 36.7 Å². The van der Waals surface area contributed by atoms with Gasteiger partial charge in [-0.15, -0.1) is 0 Å². The van der Waals surface area contributed by atoms with Gasteiger partial charge in [0.05, 0.1) is 11.3 Å². The molecule has 28 heavy (non-hydrogen) atoms. The van der Waals surface area contributed by atoms with Gasteiger partial charge in [-0.2, -0.15) is 0 Å². The van der Waals surface area contributed by atoms with Crippen LogP contribution in [0.25, 0.3) is 0 Å². The molecule has 6 heteroatoms. The first kappa shape index (κ1) is 19.1. The number of hydrogen-bond donors (Lipinski definition) is 3. The summed E-state index contributed by atoms with van der Waals surface area (Å²) in [6, 6.07) is 18.8. The number of carbonyl (C=O) groups excluding carboxylic acids is 2. The number of rotatable bonds is 6. The van der Waals surface area contributed by atoms with Crippen LogP contribution in [-0.2, 0) is 4.79 Å². The molecule has 2 amide bonds. The molecule has 142 valence electrons. The van der Waals surface area contributed by atoms with Crippen LogP contribution in [0.15, 0.2) is 73.1 Å². The van der Waals surface area contributed by atoms with Crippen molar-refractivity contribution in [2.75, 3.05) is 16.0 Å². The van der Waals surface area contributed by atoms with E-state index in [2.05, 4.69) is 27.9 Å². The van der Waals surface area contributed by atoms with Gasteiger partial charge in [0.1, 0.15) is 0 Å². The van der Waals surface area contributed by atoms with Gasteiger partial charge in [0.15, 0.2) is 0 Å². The topological polar surface area (TPSA) is 83.1 Å². The Morgan fingerprint density at radius 1 is 0.857 bits per heavy atom. The van der Waals surface area contributed by atoms with Crippen LogP contribution in [0.3, 0.4) is 0 Å². The lowest BCUT2D eigenvalue weighted by atomic mass is 10.1. The van der Waals surface area contributed by atoms with E-state index in [4.69, 9.17) is 0 Å². The minimum atomic E-state index is -0.254. The van der Waals surface area contributed by atoms with Gasteiger partial charge < -0.3 is 16.0 Å². The molecule has 0 aliphatic rings. The predicted octanol–water partition coefficient (Wildman–Crippen LogP) is 4.47. The van der Waals surface area contributed by atoms with E-state index < -0.39 is 0 Å². The molecule has 1 unspecified atom stereocenters. The molecule has 0 aliphatic carbocycles. The number of amides is 2. The van der Waals surface area contributed by atoms with E-state index in [1.807, 2.05) is 30.3 Å². The largest absolute Gasteiger partial charge is 0.377 e. The van der Waals surface area contributed by atoms with Gasteiger partial charge in [0.2, 0.25) is 5.91 Å². The third-order valence-electron chi connectivity index (χ3n) is 4.15. The lowest BCUT2D eigenvalue weighted by molar-refractivity contribution is -0.114. The fourth-order valence-corrected chi connectivity index (χ4v) is 2.76. The maximum absolute atomic E-state index is 12.5. The zero-order valence-electron chi connectivity index (χ0n) is 15.8. The Bertz CT molecular complexity index is 956. The summed E-state index contributed by atoms with van der Waals surface area (Å²) >= 11 is 0. The second kappa shape index (κ2) is 8.81. The number of nitrogens with one attached hydrogen (secondary N) is 3. The fraction of sp³-hybridized carbons (Fsp3) is 0.136. The van der Waals surface area contributed by atoms with E-state index in [1.165, 1.54) is 13.1 Å². The third-order valence-corrected chi connectivity index (χ3v) is 4.15. The van der Waals surface area contributed by atoms with Crippen LogP contribution >= 0.6 is 0 Å². The van der Waals surface area contributed by atoms with Crippen molar-refractivity contribution in [3.8, 4) is 0 Å². The van der Waals surface area contributed by atoms with Gasteiger partial charge >= 0.3 is 0 Å². The Hall–Kier alpha value is -3.67. The predicted molar refractivity (Wildman–Crippen MR) is 111 cm³/mol. The molecular formula is C22H22N4O2. The average Bonchev–Trinajstić information content (AvgIpc) is 2.70. The molecule has 2 aromatic carbocycles. The highest BCUT2D eigenvalue weighted by Crippen LogP contribution is 2.20. The number of benzene rings is 2. The zero-order chi connectivity index (χ0) is 19.9. The molecule has 0 spiro atoms. The summed E-state index contributed by atoms with van der Waals surface area (Å²) in [4.78, 5) is 27.8. The van der Waals surface area contributed by atoms with E-state index in [9.17, 15) is 9.59 Å². The first-order valence-electron chi connectivity index (χ1n) is 8.97. The molecule has 1 atom stereocenters. The van der Waals surface area contributed by atoms with Gasteiger partial charge in [-0.25, -0.2) is 0 Å². The maximum atomic E-state index is 12.5. The monoisotopic (exact) mass is 374 g/mol. The van der Waals surface area contributed by atoms with E-state index in [1.54, 1.807) is 36.5 Å². The molecule has 3 rings (SSSR count). The van der Waals surface area contributed by atoms with Crippen LogP contribution in [0, 0.1) is 0 Å². The lowest BCUT2D eigenvalue weighted by Crippen LogP contribution is -2.13. The van der Waals surface area contributed by atoms with Crippen LogP contribution in [0.2, 0.25) is 0 Å². The van der Waals surface area contributed by atoms with Gasteiger partial charge in [-0.05, 0) is 42.8 Å². The number of pyridine rings is 1. The first-order valence-corrected chi connectivity index (χ1v) is 8.97. The van der Waals surface area contributed by atoms with Crippen LogP contribution in [0.4, 0.5) is 17.1 Å². The highest BCUT2D eigenvalue weighted by molar-refractivity contribution is 6.04. The molecule has 3 N–H and O–H groups in total. The second-order valence-corrected chi connectivity index (χ2v) is 6.45. The van der Waals surface area contributed by atoms with E-state index in [0.29, 0.717) is 16.9 Å². The second-order valence-electron chi connectivity index (χ2n) is 6.45. The minimum absolute atomic E-state index is 0.0858. The molecule has 3 aromatic rings. The molecule has 0 bridgehead atoms. The van der Waals surface area contributed by atoms with Crippen LogP contribution in [0.5, 0.6) is 0 Å². The van der Waals surface area contributed by atoms with Crippen molar-refractivity contribution < 1.29 is 9.59 Å². The van der Waals surface area contributed by atoms with E-state index in [0.717, 1.165) is 11.3 Å². The number of hydrogen-bond acceptors (Lipinski definition) is 4. The summed E-state index contributed by atoms with van der Waals surface area (Å²) in [7, 11) is 0. The van der Waals surface area contributed by atoms with Gasteiger partial charge in [-0.3, -0.25) is 14.6 Å². The summed E-state index contributed by atoms with van der Waals surface area (Å²) in [5.41, 5.74) is 3.68. The molecule has 0 radical (unpaired) electrons. The third kappa shape index (κ3) is 5.17. The Morgan fingerprint density at radius 2 is 1.50 bits per heavy atom. The maximum Gasteiger partial charge on any atom is 0.257 e. The normalized spacial score (nSPS) is 11.4. The number of nitrogens with zero attached hydrogens (tertiary/aromatic N) is 1. The zero-order valence-corrected chi connectivity index (χ0v) is 15.8. The Labute approximate surface area is 164 Å². The number of anilines is 3. The van der Waals surface area contributed by atoms with Crippen molar-refractivity contribution in [1.29, 1.82) is 0 Å². The van der Waals surface area contributed by atoms with Crippen LogP contribution in [-0.4, -0.2) is 16.8 Å². The van der Waals surface area contributed by atoms with Crippen molar-refractivity contribution in [2.45, 2.75) is 19.9 Å². The summed E-state index contributed by atoms with van der Waals surface area (Å²) in [6.45, 7) is 3.50. The molecular weight excluding hydrogens is 352 g/mol. The van der Waals surface area contributed by atoms with Crippen molar-refractivity contribution in [3.05, 3.63) is 84.2 Å². The highest BCUT2D eigenvalue weighted by Gasteiger charge is 2.10. The lowest BCUT2D eigenvalue weighted by Gasteiger charge is -2.16. The molecule has 0 saturated carbocycles. The van der Waals surface area contributed by atoms with Gasteiger partial charge in [-0.1, -0.05) is 30.3 Å². The van der Waals surface area contributed by atoms with E-state index >= 15 is 0 Å². The van der Waals surface area contributed by atoms with Crippen molar-refractivity contribution in [1.82, 2.24) is 4.98 Å². The number of carbonyl (C=O) groups is 2. The Kier molecular flexibility index (Phi) is 6.01. The molecule has 0 aliphatic heterocycles. The minimum Gasteiger partial charge on any atom is -0.377 e. The summed E-state index contributed by atoms with van der Waals surface area (Å²) in [5.74, 6) is -0.396. The molecule has 1 aromatic heterocycles. The molecule has 6 nitrogen and oxygen atoms in total. The summed E-state index contributed by atoms with van der Waals surface area (Å²) < 4.78 is 0. The van der Waals surface area contributed by atoms with Crippen molar-refractivity contribution in [3.63, 3.8) is 0 Å². The van der Waals surface area contributed by atoms with Crippen LogP contribution in [0.1, 0.15) is 35.8 Å². The van der Waals surface area contributed by atoms with Crippen molar-refractivity contribution >= 4 is 28.9 Å². The van der Waals surface area contributed by atoms with Gasteiger partial charge in [0.25, 0.3) is 5.91 Å². The summed E-state index contributed by atoms with van der Waals surface area (Å²) in [5, 5.41) is 8.88. The standard InChI is InChI=1S/C22H22N4O2/c1-15(17-6-4-3-5-7-17)24-21-12-18(13-23-14-21)22(28)26-20-10-8-19(9-11-20)25-16(2)27/h3-15,24H,1-2H3,(H,25,27)(H,26,28).